The van der Waals surface area contributed by atoms with Crippen molar-refractivity contribution in [3.63, 3.8) is 0 Å². The molecule has 0 saturated carbocycles. The van der Waals surface area contributed by atoms with Crippen LogP contribution in [-0.4, -0.2) is 50.0 Å². The summed E-state index contributed by atoms with van der Waals surface area (Å²) in [5, 5.41) is 1.49. The lowest BCUT2D eigenvalue weighted by Gasteiger charge is -2.38. The Hall–Kier alpha value is -0.618. The molecule has 0 spiro atoms. The van der Waals surface area contributed by atoms with E-state index in [0.717, 1.165) is 6.17 Å². The Balaban J connectivity index is 1.96. The van der Waals surface area contributed by atoms with E-state index in [0.29, 0.717) is 0 Å². The van der Waals surface area contributed by atoms with Crippen LogP contribution in [0, 0.1) is 6.92 Å². The van der Waals surface area contributed by atoms with Crippen LogP contribution < -0.4 is 5.19 Å². The molecule has 1 aromatic carbocycles. The molecule has 3 rings (SSSR count). The highest BCUT2D eigenvalue weighted by atomic mass is 28.3. The van der Waals surface area contributed by atoms with Gasteiger partial charge >= 0.3 is 6.71 Å². The average molecular weight is 359 g/mol. The van der Waals surface area contributed by atoms with Crippen LogP contribution in [0.3, 0.4) is 0 Å². The minimum atomic E-state index is -2.02. The summed E-state index contributed by atoms with van der Waals surface area (Å²) in [7, 11) is -2.02. The average Bonchev–Trinajstić information content (AvgIpc) is 2.77. The summed E-state index contributed by atoms with van der Waals surface area (Å²) in [6.45, 7) is 15.7. The first kappa shape index (κ1) is 19.2. The van der Waals surface area contributed by atoms with Crippen molar-refractivity contribution in [2.45, 2.75) is 71.6 Å². The molecule has 138 valence electrons. The summed E-state index contributed by atoms with van der Waals surface area (Å²) in [5.74, 6) is 0. The summed E-state index contributed by atoms with van der Waals surface area (Å²) in [6, 6.07) is 8.87. The molecule has 25 heavy (non-hydrogen) atoms. The number of nitrogens with zero attached hydrogens (tertiary/aromatic N) is 1. The molecule has 1 aromatic rings. The predicted octanol–water partition coefficient (Wildman–Crippen LogP) is 3.48. The van der Waals surface area contributed by atoms with E-state index in [1.54, 1.807) is 0 Å². The molecule has 1 atom stereocenters. The number of aryl methyl sites for hydroxylation is 1. The van der Waals surface area contributed by atoms with E-state index in [1.807, 2.05) is 0 Å². The van der Waals surface area contributed by atoms with Crippen LogP contribution in [0.5, 0.6) is 0 Å². The van der Waals surface area contributed by atoms with Crippen LogP contribution >= 0.6 is 0 Å². The zero-order valence-corrected chi connectivity index (χ0v) is 17.9. The number of rotatable bonds is 4. The molecule has 0 radical (unpaired) electrons. The van der Waals surface area contributed by atoms with Gasteiger partial charge in [0.15, 0.2) is 0 Å². The SMILES string of the molecule is Cc1ccccc1[Si](C)(CN1CCCCC1)B1OC(C)(C)C(C)(C)O1. The predicted molar refractivity (Wildman–Crippen MR) is 109 cm³/mol. The minimum absolute atomic E-state index is 0.0967. The molecule has 0 amide bonds. The fraction of sp³-hybridized carbons (Fsp3) is 0.700. The van der Waals surface area contributed by atoms with Crippen molar-refractivity contribution < 1.29 is 9.31 Å². The largest absolute Gasteiger partial charge is 0.440 e. The van der Waals surface area contributed by atoms with Gasteiger partial charge in [-0.3, -0.25) is 0 Å². The Labute approximate surface area is 155 Å². The van der Waals surface area contributed by atoms with Gasteiger partial charge in [0.05, 0.1) is 11.2 Å². The first-order valence-corrected chi connectivity index (χ1v) is 12.6. The molecule has 0 aliphatic carbocycles. The van der Waals surface area contributed by atoms with Crippen molar-refractivity contribution in [3.8, 4) is 0 Å². The molecule has 2 aliphatic heterocycles. The maximum atomic E-state index is 6.59. The van der Waals surface area contributed by atoms with Crippen molar-refractivity contribution in [2.75, 3.05) is 19.3 Å². The van der Waals surface area contributed by atoms with Crippen LogP contribution in [0.2, 0.25) is 6.55 Å². The molecule has 2 heterocycles. The van der Waals surface area contributed by atoms with Crippen molar-refractivity contribution >= 4 is 19.8 Å². The highest BCUT2D eigenvalue weighted by Crippen LogP contribution is 2.39. The Kier molecular flexibility index (Phi) is 5.24. The standard InChI is InChI=1S/C20H34BNO2Si/c1-17-12-8-9-13-18(17)25(6,16-22-14-10-7-11-15-22)21-23-19(2,3)20(4,5)24-21/h8-9,12-13H,7,10-11,14-16H2,1-6H3. The van der Waals surface area contributed by atoms with Gasteiger partial charge in [-0.05, 0) is 66.7 Å². The molecular weight excluding hydrogens is 325 g/mol. The third-order valence-electron chi connectivity index (χ3n) is 6.53. The molecule has 2 fully saturated rings. The summed E-state index contributed by atoms with van der Waals surface area (Å²) >= 11 is 0. The number of hydrogen-bond acceptors (Lipinski definition) is 3. The van der Waals surface area contributed by atoms with Crippen molar-refractivity contribution in [2.24, 2.45) is 0 Å². The van der Waals surface area contributed by atoms with E-state index in [2.05, 4.69) is 70.3 Å². The van der Waals surface area contributed by atoms with Crippen LogP contribution in [0.1, 0.15) is 52.5 Å². The zero-order valence-electron chi connectivity index (χ0n) is 16.9. The van der Waals surface area contributed by atoms with Crippen LogP contribution in [-0.2, 0) is 9.31 Å². The Bertz CT molecular complexity index is 599. The van der Waals surface area contributed by atoms with Gasteiger partial charge in [-0.25, -0.2) is 0 Å². The minimum Gasteiger partial charge on any atom is -0.406 e. The Morgan fingerprint density at radius 3 is 2.12 bits per heavy atom. The van der Waals surface area contributed by atoms with Crippen LogP contribution in [0.15, 0.2) is 24.3 Å². The fourth-order valence-electron chi connectivity index (χ4n) is 4.19. The van der Waals surface area contributed by atoms with E-state index in [1.165, 1.54) is 43.1 Å². The molecule has 2 saturated heterocycles. The van der Waals surface area contributed by atoms with Gasteiger partial charge in [0.2, 0.25) is 0 Å². The lowest BCUT2D eigenvalue weighted by atomic mass is 9.90. The van der Waals surface area contributed by atoms with Crippen molar-refractivity contribution in [1.29, 1.82) is 0 Å². The van der Waals surface area contributed by atoms with Gasteiger partial charge in [-0.1, -0.05) is 48.0 Å². The van der Waals surface area contributed by atoms with Crippen molar-refractivity contribution in [1.82, 2.24) is 4.90 Å². The fourth-order valence-corrected chi connectivity index (χ4v) is 8.57. The lowest BCUT2D eigenvalue weighted by molar-refractivity contribution is 0.00578. The molecule has 1 unspecified atom stereocenters. The molecule has 0 bridgehead atoms. The van der Waals surface area contributed by atoms with Gasteiger partial charge in [0.1, 0.15) is 7.94 Å². The topological polar surface area (TPSA) is 21.7 Å². The van der Waals surface area contributed by atoms with E-state index in [-0.39, 0.29) is 17.9 Å². The third-order valence-corrected chi connectivity index (χ3v) is 10.7. The lowest BCUT2D eigenvalue weighted by Crippen LogP contribution is -2.67. The second-order valence-corrected chi connectivity index (χ2v) is 13.3. The van der Waals surface area contributed by atoms with Gasteiger partial charge in [-0.15, -0.1) is 0 Å². The van der Waals surface area contributed by atoms with Gasteiger partial charge in [-0.2, -0.15) is 0 Å². The Morgan fingerprint density at radius 2 is 1.56 bits per heavy atom. The number of benzene rings is 1. The maximum absolute atomic E-state index is 6.59. The normalized spacial score (nSPS) is 25.8. The van der Waals surface area contributed by atoms with E-state index in [9.17, 15) is 0 Å². The van der Waals surface area contributed by atoms with Crippen LogP contribution in [0.25, 0.3) is 0 Å². The van der Waals surface area contributed by atoms with Crippen molar-refractivity contribution in [3.05, 3.63) is 29.8 Å². The highest BCUT2D eigenvalue weighted by molar-refractivity contribution is 7.34. The molecular formula is C20H34BNO2Si. The summed E-state index contributed by atoms with van der Waals surface area (Å²) in [6.07, 6.45) is 5.13. The zero-order chi connectivity index (χ0) is 18.3. The molecule has 0 aromatic heterocycles. The smallest absolute Gasteiger partial charge is 0.406 e. The molecule has 2 aliphatic rings. The molecule has 0 N–H and O–H groups in total. The van der Waals surface area contributed by atoms with E-state index >= 15 is 0 Å². The Morgan fingerprint density at radius 1 is 1.00 bits per heavy atom. The van der Waals surface area contributed by atoms with E-state index < -0.39 is 7.94 Å². The van der Waals surface area contributed by atoms with Gasteiger partial charge < -0.3 is 14.2 Å². The molecule has 5 heteroatoms. The van der Waals surface area contributed by atoms with Gasteiger partial charge in [0, 0.05) is 0 Å². The number of hydrogen-bond donors (Lipinski definition) is 0. The highest BCUT2D eigenvalue weighted by Gasteiger charge is 2.59. The summed E-state index contributed by atoms with van der Waals surface area (Å²) < 4.78 is 13.2. The number of likely N-dealkylation sites (tertiary alicyclic amines) is 1. The quantitative estimate of drug-likeness (QED) is 0.769. The summed E-state index contributed by atoms with van der Waals surface area (Å²) in [4.78, 5) is 2.66. The second-order valence-electron chi connectivity index (χ2n) is 9.16. The first-order valence-electron chi connectivity index (χ1n) is 9.80. The third kappa shape index (κ3) is 3.61. The van der Waals surface area contributed by atoms with E-state index in [4.69, 9.17) is 9.31 Å². The second kappa shape index (κ2) is 6.84. The summed E-state index contributed by atoms with van der Waals surface area (Å²) in [5.41, 5.74) is 0.843. The molecule has 3 nitrogen and oxygen atoms in total. The first-order chi connectivity index (χ1) is 11.7. The maximum Gasteiger partial charge on any atom is 0.440 e. The van der Waals surface area contributed by atoms with Gasteiger partial charge in [0.25, 0.3) is 0 Å². The van der Waals surface area contributed by atoms with Crippen LogP contribution in [0.4, 0.5) is 0 Å². The number of piperidine rings is 1. The monoisotopic (exact) mass is 359 g/mol.